The van der Waals surface area contributed by atoms with E-state index in [-0.39, 0.29) is 18.6 Å². The van der Waals surface area contributed by atoms with Crippen molar-refractivity contribution in [2.75, 3.05) is 13.0 Å². The number of nitrogens with one attached hydrogen (secondary N) is 1. The second-order valence-electron chi connectivity index (χ2n) is 3.76. The smallest absolute Gasteiger partial charge is 0.265 e. The molecule has 0 atom stereocenters. The molecule has 18 heavy (non-hydrogen) atoms. The van der Waals surface area contributed by atoms with E-state index in [1.54, 1.807) is 24.5 Å². The first kappa shape index (κ1) is 11.2. The van der Waals surface area contributed by atoms with Gasteiger partial charge in [0.1, 0.15) is 0 Å². The van der Waals surface area contributed by atoms with Crippen LogP contribution in [-0.2, 0) is 9.59 Å². The van der Waals surface area contributed by atoms with E-state index < -0.39 is 0 Å². The first-order chi connectivity index (χ1) is 8.70. The van der Waals surface area contributed by atoms with Crippen LogP contribution in [-0.4, -0.2) is 24.9 Å². The lowest BCUT2D eigenvalue weighted by molar-refractivity contribution is -0.123. The third kappa shape index (κ3) is 1.57. The predicted octanol–water partition coefficient (Wildman–Crippen LogP) is 1.15. The van der Waals surface area contributed by atoms with E-state index in [4.69, 9.17) is 9.47 Å². The van der Waals surface area contributed by atoms with Crippen molar-refractivity contribution in [2.45, 2.75) is 0 Å². The molecule has 2 aliphatic heterocycles. The van der Waals surface area contributed by atoms with E-state index in [0.29, 0.717) is 27.5 Å². The highest BCUT2D eigenvalue weighted by molar-refractivity contribution is 8.03. The second kappa shape index (κ2) is 4.06. The lowest BCUT2D eigenvalue weighted by atomic mass is 10.1. The normalized spacial score (nSPS) is 17.4. The molecular formula is C12H9NO4S. The molecule has 0 bridgehead atoms. The number of thioether (sulfide) groups is 1. The summed E-state index contributed by atoms with van der Waals surface area (Å²) in [7, 11) is 0. The average molecular weight is 263 g/mol. The van der Waals surface area contributed by atoms with Crippen molar-refractivity contribution >= 4 is 29.1 Å². The molecule has 0 saturated heterocycles. The highest BCUT2D eigenvalue weighted by Crippen LogP contribution is 2.37. The number of benzene rings is 1. The zero-order chi connectivity index (χ0) is 12.7. The molecule has 0 fully saturated rings. The Labute approximate surface area is 107 Å². The van der Waals surface area contributed by atoms with Gasteiger partial charge in [-0.05, 0) is 24.0 Å². The molecule has 2 heterocycles. The fraction of sp³-hybridized carbons (Fsp3) is 0.167. The van der Waals surface area contributed by atoms with Crippen LogP contribution in [0.1, 0.15) is 5.56 Å². The van der Waals surface area contributed by atoms with Gasteiger partial charge in [-0.1, -0.05) is 6.07 Å². The standard InChI is InChI=1S/C12H9NO4S/c1-18-10-9(11(14)13-12(10)15)6-2-3-7-8(4-6)17-5-16-7/h2-4H,5H2,1H3,(H,13,14,15). The summed E-state index contributed by atoms with van der Waals surface area (Å²) in [4.78, 5) is 23.8. The van der Waals surface area contributed by atoms with Crippen LogP contribution in [0, 0.1) is 0 Å². The van der Waals surface area contributed by atoms with Crippen molar-refractivity contribution in [3.8, 4) is 11.5 Å². The number of carbonyl (C=O) groups is 2. The summed E-state index contributed by atoms with van der Waals surface area (Å²) in [5.41, 5.74) is 1.05. The van der Waals surface area contributed by atoms with Crippen molar-refractivity contribution < 1.29 is 19.1 Å². The van der Waals surface area contributed by atoms with E-state index in [1.165, 1.54) is 11.8 Å². The van der Waals surface area contributed by atoms with E-state index in [0.717, 1.165) is 0 Å². The summed E-state index contributed by atoms with van der Waals surface area (Å²) >= 11 is 1.26. The van der Waals surface area contributed by atoms with Gasteiger partial charge in [0.25, 0.3) is 11.8 Å². The third-order valence-electron chi connectivity index (χ3n) is 2.75. The molecule has 3 rings (SSSR count). The zero-order valence-electron chi connectivity index (χ0n) is 9.48. The molecule has 0 unspecified atom stereocenters. The van der Waals surface area contributed by atoms with Gasteiger partial charge in [0, 0.05) is 0 Å². The van der Waals surface area contributed by atoms with Crippen LogP contribution in [0.2, 0.25) is 0 Å². The summed E-state index contributed by atoms with van der Waals surface area (Å²) in [5, 5.41) is 2.29. The molecule has 1 aromatic carbocycles. The molecule has 2 aliphatic rings. The monoisotopic (exact) mass is 263 g/mol. The molecule has 1 aromatic rings. The topological polar surface area (TPSA) is 64.6 Å². The summed E-state index contributed by atoms with van der Waals surface area (Å²) in [5.74, 6) is 0.519. The SMILES string of the molecule is CSC1=C(c2ccc3c(c2)OCO3)C(=O)NC1=O. The van der Waals surface area contributed by atoms with E-state index in [9.17, 15) is 9.59 Å². The average Bonchev–Trinajstić information content (AvgIpc) is 2.91. The number of rotatable bonds is 2. The van der Waals surface area contributed by atoms with Gasteiger partial charge in [-0.3, -0.25) is 14.9 Å². The Morgan fingerprint density at radius 3 is 2.72 bits per heavy atom. The van der Waals surface area contributed by atoms with Gasteiger partial charge in [-0.2, -0.15) is 0 Å². The van der Waals surface area contributed by atoms with Gasteiger partial charge in [-0.15, -0.1) is 11.8 Å². The van der Waals surface area contributed by atoms with Gasteiger partial charge in [-0.25, -0.2) is 0 Å². The summed E-state index contributed by atoms with van der Waals surface area (Å²) in [6.45, 7) is 0.179. The van der Waals surface area contributed by atoms with Crippen LogP contribution >= 0.6 is 11.8 Å². The highest BCUT2D eigenvalue weighted by Gasteiger charge is 2.31. The van der Waals surface area contributed by atoms with Crippen LogP contribution in [0.3, 0.4) is 0 Å². The van der Waals surface area contributed by atoms with Crippen molar-refractivity contribution in [2.24, 2.45) is 0 Å². The Bertz CT molecular complexity index is 594. The lowest BCUT2D eigenvalue weighted by Gasteiger charge is -2.03. The molecule has 0 spiro atoms. The second-order valence-corrected chi connectivity index (χ2v) is 4.58. The summed E-state index contributed by atoms with van der Waals surface area (Å²) in [6.07, 6.45) is 1.76. The number of ether oxygens (including phenoxy) is 2. The van der Waals surface area contributed by atoms with Gasteiger partial charge in [0.15, 0.2) is 11.5 Å². The molecule has 0 saturated carbocycles. The number of carbonyl (C=O) groups excluding carboxylic acids is 2. The minimum atomic E-state index is -0.372. The fourth-order valence-corrected chi connectivity index (χ4v) is 2.60. The maximum absolute atomic E-state index is 11.8. The summed E-state index contributed by atoms with van der Waals surface area (Å²) in [6, 6.07) is 5.20. The first-order valence-electron chi connectivity index (χ1n) is 5.24. The van der Waals surface area contributed by atoms with Gasteiger partial charge >= 0.3 is 0 Å². The molecule has 1 N–H and O–H groups in total. The van der Waals surface area contributed by atoms with Crippen molar-refractivity contribution in [3.63, 3.8) is 0 Å². The zero-order valence-corrected chi connectivity index (χ0v) is 10.3. The van der Waals surface area contributed by atoms with Crippen LogP contribution in [0.15, 0.2) is 23.1 Å². The van der Waals surface area contributed by atoms with E-state index in [1.807, 2.05) is 0 Å². The Balaban J connectivity index is 2.11. The molecule has 0 aliphatic carbocycles. The van der Waals surface area contributed by atoms with Crippen LogP contribution < -0.4 is 14.8 Å². The van der Waals surface area contributed by atoms with E-state index >= 15 is 0 Å². The Kier molecular flexibility index (Phi) is 2.52. The Morgan fingerprint density at radius 1 is 1.17 bits per heavy atom. The molecular weight excluding hydrogens is 254 g/mol. The maximum Gasteiger partial charge on any atom is 0.265 e. The van der Waals surface area contributed by atoms with Gasteiger partial charge in [0.05, 0.1) is 10.5 Å². The summed E-state index contributed by atoms with van der Waals surface area (Å²) < 4.78 is 10.5. The van der Waals surface area contributed by atoms with Crippen LogP contribution in [0.25, 0.3) is 5.57 Å². The fourth-order valence-electron chi connectivity index (χ4n) is 1.95. The number of amides is 2. The van der Waals surface area contributed by atoms with Crippen LogP contribution in [0.5, 0.6) is 11.5 Å². The number of hydrogen-bond donors (Lipinski definition) is 1. The van der Waals surface area contributed by atoms with Gasteiger partial charge < -0.3 is 9.47 Å². The number of hydrogen-bond acceptors (Lipinski definition) is 5. The number of imide groups is 1. The van der Waals surface area contributed by atoms with Crippen LogP contribution in [0.4, 0.5) is 0 Å². The molecule has 0 radical (unpaired) electrons. The minimum Gasteiger partial charge on any atom is -0.454 e. The largest absolute Gasteiger partial charge is 0.454 e. The van der Waals surface area contributed by atoms with Crippen molar-refractivity contribution in [3.05, 3.63) is 28.7 Å². The highest BCUT2D eigenvalue weighted by atomic mass is 32.2. The molecule has 2 amide bonds. The molecule has 0 aromatic heterocycles. The third-order valence-corrected chi connectivity index (χ3v) is 3.55. The van der Waals surface area contributed by atoms with Crippen molar-refractivity contribution in [1.29, 1.82) is 0 Å². The first-order valence-corrected chi connectivity index (χ1v) is 6.47. The number of fused-ring (bicyclic) bond motifs is 1. The van der Waals surface area contributed by atoms with Gasteiger partial charge in [0.2, 0.25) is 6.79 Å². The van der Waals surface area contributed by atoms with E-state index in [2.05, 4.69) is 5.32 Å². The van der Waals surface area contributed by atoms with Crippen molar-refractivity contribution in [1.82, 2.24) is 5.32 Å². The maximum atomic E-state index is 11.8. The predicted molar refractivity (Wildman–Crippen MR) is 66.1 cm³/mol. The minimum absolute atomic E-state index is 0.179. The lowest BCUT2D eigenvalue weighted by Crippen LogP contribution is -2.22. The Hall–Kier alpha value is -1.95. The molecule has 5 nitrogen and oxygen atoms in total. The Morgan fingerprint density at radius 2 is 1.94 bits per heavy atom. The molecule has 92 valence electrons. The molecule has 6 heteroatoms. The quantitative estimate of drug-likeness (QED) is 0.811.